The van der Waals surface area contributed by atoms with Crippen molar-refractivity contribution in [2.24, 2.45) is 4.99 Å². The molecule has 1 aromatic carbocycles. The Kier molecular flexibility index (Phi) is 7.00. The lowest BCUT2D eigenvalue weighted by Crippen LogP contribution is -2.44. The number of nitrogen functional groups attached to an aromatic ring is 1. The zero-order chi connectivity index (χ0) is 24.3. The largest absolute Gasteiger partial charge is 0.467 e. The van der Waals surface area contributed by atoms with E-state index in [1.807, 2.05) is 24.3 Å². The maximum absolute atomic E-state index is 6.18. The van der Waals surface area contributed by atoms with Gasteiger partial charge in [-0.2, -0.15) is 0 Å². The zero-order valence-corrected chi connectivity index (χ0v) is 20.6. The summed E-state index contributed by atoms with van der Waals surface area (Å²) >= 11 is 0. The average Bonchev–Trinajstić information content (AvgIpc) is 3.25. The van der Waals surface area contributed by atoms with Crippen LogP contribution in [0.2, 0.25) is 0 Å². The molecule has 1 fully saturated rings. The van der Waals surface area contributed by atoms with Gasteiger partial charge in [-0.05, 0) is 57.5 Å². The van der Waals surface area contributed by atoms with Crippen LogP contribution < -0.4 is 20.7 Å². The Labute approximate surface area is 201 Å². The fourth-order valence-electron chi connectivity index (χ4n) is 4.33. The molecule has 0 aliphatic carbocycles. The van der Waals surface area contributed by atoms with Gasteiger partial charge < -0.3 is 25.4 Å². The second-order valence-corrected chi connectivity index (χ2v) is 9.65. The second kappa shape index (κ2) is 9.95. The highest BCUT2D eigenvalue weighted by Crippen LogP contribution is 2.34. The van der Waals surface area contributed by atoms with Gasteiger partial charge in [0.05, 0.1) is 16.7 Å². The van der Waals surface area contributed by atoms with Gasteiger partial charge in [0, 0.05) is 67.9 Å². The Hall–Kier alpha value is -3.23. The minimum absolute atomic E-state index is 0.106. The van der Waals surface area contributed by atoms with Gasteiger partial charge in [-0.1, -0.05) is 0 Å². The van der Waals surface area contributed by atoms with Crippen molar-refractivity contribution in [3.8, 4) is 17.0 Å². The number of benzene rings is 1. The van der Waals surface area contributed by atoms with E-state index < -0.39 is 0 Å². The lowest BCUT2D eigenvalue weighted by molar-refractivity contribution is 0.0516. The van der Waals surface area contributed by atoms with Crippen molar-refractivity contribution in [1.29, 1.82) is 0 Å². The third-order valence-electron chi connectivity index (χ3n) is 5.74. The Bertz CT molecular complexity index is 1190. The molecule has 8 nitrogen and oxygen atoms in total. The minimum atomic E-state index is 0.106. The number of nitrogens with one attached hydrogen (secondary N) is 1. The molecule has 0 spiro atoms. The molecule has 3 N–H and O–H groups in total. The lowest BCUT2D eigenvalue weighted by Gasteiger charge is -2.26. The summed E-state index contributed by atoms with van der Waals surface area (Å²) in [6.45, 7) is 8.68. The fourth-order valence-corrected chi connectivity index (χ4v) is 4.33. The van der Waals surface area contributed by atoms with Crippen molar-refractivity contribution >= 4 is 28.8 Å². The number of methoxy groups -OCH3 is 1. The zero-order valence-electron chi connectivity index (χ0n) is 20.6. The molecule has 0 radical (unpaired) electrons. The monoisotopic (exact) mass is 462 g/mol. The molecule has 3 aromatic rings. The number of anilines is 2. The van der Waals surface area contributed by atoms with E-state index >= 15 is 0 Å². The van der Waals surface area contributed by atoms with Crippen molar-refractivity contribution in [1.82, 2.24) is 15.3 Å². The first-order chi connectivity index (χ1) is 16.3. The van der Waals surface area contributed by atoms with Gasteiger partial charge >= 0.3 is 0 Å². The van der Waals surface area contributed by atoms with Crippen LogP contribution in [0.25, 0.3) is 22.3 Å². The van der Waals surface area contributed by atoms with Crippen LogP contribution in [0.1, 0.15) is 32.8 Å². The predicted molar refractivity (Wildman–Crippen MR) is 139 cm³/mol. The molecular weight excluding hydrogens is 428 g/mol. The van der Waals surface area contributed by atoms with Gasteiger partial charge in [0.15, 0.2) is 6.79 Å². The van der Waals surface area contributed by atoms with Crippen LogP contribution in [0.3, 0.4) is 0 Å². The number of fused-ring (bicyclic) bond motifs is 1. The van der Waals surface area contributed by atoms with Crippen LogP contribution in [-0.4, -0.2) is 61.8 Å². The SMILES string of the molecule is CN=Cc1cc(-c2ccc3nc(N4CCC(NC(C)(C)C)C4)ccc3n2)c(OCOC)cc1N. The molecule has 3 heterocycles. The van der Waals surface area contributed by atoms with Gasteiger partial charge in [0.25, 0.3) is 0 Å². The number of nitrogens with zero attached hydrogens (tertiary/aromatic N) is 4. The van der Waals surface area contributed by atoms with E-state index in [4.69, 9.17) is 25.2 Å². The normalized spacial score (nSPS) is 16.6. The molecule has 1 saturated heterocycles. The highest BCUT2D eigenvalue weighted by Gasteiger charge is 2.26. The van der Waals surface area contributed by atoms with Crippen LogP contribution in [-0.2, 0) is 4.74 Å². The molecule has 180 valence electrons. The Morgan fingerprint density at radius 2 is 1.94 bits per heavy atom. The highest BCUT2D eigenvalue weighted by molar-refractivity contribution is 5.91. The van der Waals surface area contributed by atoms with E-state index in [9.17, 15) is 0 Å². The summed E-state index contributed by atoms with van der Waals surface area (Å²) < 4.78 is 10.9. The Morgan fingerprint density at radius 1 is 1.18 bits per heavy atom. The van der Waals surface area contributed by atoms with Crippen LogP contribution in [0.5, 0.6) is 5.75 Å². The number of rotatable bonds is 7. The van der Waals surface area contributed by atoms with Crippen LogP contribution in [0, 0.1) is 0 Å². The number of hydrogen-bond acceptors (Lipinski definition) is 8. The number of ether oxygens (including phenoxy) is 2. The van der Waals surface area contributed by atoms with E-state index in [-0.39, 0.29) is 12.3 Å². The Morgan fingerprint density at radius 3 is 2.68 bits per heavy atom. The van der Waals surface area contributed by atoms with E-state index in [1.165, 1.54) is 0 Å². The molecule has 1 atom stereocenters. The van der Waals surface area contributed by atoms with Gasteiger partial charge in [0.1, 0.15) is 11.6 Å². The first-order valence-corrected chi connectivity index (χ1v) is 11.6. The third kappa shape index (κ3) is 5.46. The molecule has 1 unspecified atom stereocenters. The Balaban J connectivity index is 1.63. The van der Waals surface area contributed by atoms with Crippen molar-refractivity contribution in [2.45, 2.75) is 38.8 Å². The summed E-state index contributed by atoms with van der Waals surface area (Å²) in [6.07, 6.45) is 2.84. The maximum atomic E-state index is 6.18. The number of nitrogens with two attached hydrogens (primary N) is 1. The average molecular weight is 463 g/mol. The van der Waals surface area contributed by atoms with Gasteiger partial charge in [0.2, 0.25) is 0 Å². The van der Waals surface area contributed by atoms with E-state index in [0.717, 1.165) is 53.2 Å². The van der Waals surface area contributed by atoms with Crippen molar-refractivity contribution < 1.29 is 9.47 Å². The van der Waals surface area contributed by atoms with Gasteiger partial charge in [-0.25, -0.2) is 9.97 Å². The van der Waals surface area contributed by atoms with Gasteiger partial charge in [-0.15, -0.1) is 0 Å². The smallest absolute Gasteiger partial charge is 0.188 e. The number of hydrogen-bond donors (Lipinski definition) is 2. The third-order valence-corrected chi connectivity index (χ3v) is 5.74. The summed E-state index contributed by atoms with van der Waals surface area (Å²) in [5, 5.41) is 3.70. The summed E-state index contributed by atoms with van der Waals surface area (Å²) in [5.74, 6) is 1.59. The van der Waals surface area contributed by atoms with Crippen molar-refractivity contribution in [3.05, 3.63) is 42.0 Å². The second-order valence-electron chi connectivity index (χ2n) is 9.65. The number of pyridine rings is 2. The quantitative estimate of drug-likeness (QED) is 0.312. The molecule has 1 aliphatic heterocycles. The minimum Gasteiger partial charge on any atom is -0.467 e. The van der Waals surface area contributed by atoms with Crippen LogP contribution >= 0.6 is 0 Å². The number of aromatic nitrogens is 2. The first-order valence-electron chi connectivity index (χ1n) is 11.6. The van der Waals surface area contributed by atoms with Crippen LogP contribution in [0.4, 0.5) is 11.5 Å². The summed E-state index contributed by atoms with van der Waals surface area (Å²) in [6, 6.07) is 12.3. The topological polar surface area (TPSA) is 97.9 Å². The fraction of sp³-hybridized carbons (Fsp3) is 0.423. The van der Waals surface area contributed by atoms with E-state index in [0.29, 0.717) is 17.5 Å². The van der Waals surface area contributed by atoms with Crippen LogP contribution in [0.15, 0.2) is 41.4 Å². The van der Waals surface area contributed by atoms with E-state index in [2.05, 4.69) is 42.0 Å². The van der Waals surface area contributed by atoms with E-state index in [1.54, 1.807) is 26.4 Å². The molecule has 4 rings (SSSR count). The molecule has 0 bridgehead atoms. The molecule has 1 aliphatic rings. The predicted octanol–water partition coefficient (Wildman–Crippen LogP) is 3.88. The first kappa shape index (κ1) is 23.9. The summed E-state index contributed by atoms with van der Waals surface area (Å²) in [5.41, 5.74) is 11.0. The lowest BCUT2D eigenvalue weighted by atomic mass is 10.0. The molecule has 34 heavy (non-hydrogen) atoms. The summed E-state index contributed by atoms with van der Waals surface area (Å²) in [7, 11) is 3.30. The standard InChI is InChI=1S/C26H34N6O2/c1-26(2,3)31-18-10-11-32(15-18)25-9-8-22-23(30-25)7-6-21(29-22)19-12-17(14-28-4)20(27)13-24(19)34-16-33-5/h6-9,12-14,18,31H,10-11,15-16,27H2,1-5H3. The molecular formula is C26H34N6O2. The maximum Gasteiger partial charge on any atom is 0.188 e. The molecule has 8 heteroatoms. The van der Waals surface area contributed by atoms with Crippen molar-refractivity contribution in [2.75, 3.05) is 44.7 Å². The summed E-state index contributed by atoms with van der Waals surface area (Å²) in [4.78, 5) is 16.2. The van der Waals surface area contributed by atoms with Gasteiger partial charge in [-0.3, -0.25) is 4.99 Å². The molecule has 2 aromatic heterocycles. The number of aliphatic imine (C=N–C) groups is 1. The highest BCUT2D eigenvalue weighted by atomic mass is 16.7. The molecule has 0 saturated carbocycles. The molecule has 0 amide bonds. The van der Waals surface area contributed by atoms with Crippen molar-refractivity contribution in [3.63, 3.8) is 0 Å².